The number of nitrogen functional groups attached to an aromatic ring is 1. The number of nitrogens with two attached hydrogens (primary N) is 1. The summed E-state index contributed by atoms with van der Waals surface area (Å²) in [5.74, 6) is 0.625. The summed E-state index contributed by atoms with van der Waals surface area (Å²) in [6, 6.07) is 14.8. The molecule has 4 N–H and O–H groups in total. The van der Waals surface area contributed by atoms with Crippen molar-refractivity contribution in [3.63, 3.8) is 0 Å². The molecule has 1 heterocycles. The number of rotatable bonds is 8. The Hall–Kier alpha value is -2.90. The predicted octanol–water partition coefficient (Wildman–Crippen LogP) is 2.45. The first-order chi connectivity index (χ1) is 14.5. The first-order valence-electron chi connectivity index (χ1n) is 10.1. The minimum absolute atomic E-state index is 0.0216. The lowest BCUT2D eigenvalue weighted by Crippen LogP contribution is -2.35. The van der Waals surface area contributed by atoms with Gasteiger partial charge in [0.15, 0.2) is 6.10 Å². The number of ether oxygens (including phenoxy) is 2. The van der Waals surface area contributed by atoms with Crippen LogP contribution >= 0.6 is 0 Å². The van der Waals surface area contributed by atoms with Crippen LogP contribution in [0.1, 0.15) is 35.6 Å². The fraction of sp³-hybridized carbons (Fsp3) is 0.391. The molecule has 160 valence electrons. The zero-order valence-electron chi connectivity index (χ0n) is 17.6. The zero-order valence-corrected chi connectivity index (χ0v) is 17.6. The summed E-state index contributed by atoms with van der Waals surface area (Å²) in [7, 11) is 3.65. The first-order valence-corrected chi connectivity index (χ1v) is 10.1. The molecule has 30 heavy (non-hydrogen) atoms. The summed E-state index contributed by atoms with van der Waals surface area (Å²) in [6.45, 7) is 2.46. The second-order valence-corrected chi connectivity index (χ2v) is 7.63. The SMILES string of the molecule is COC(C(=O)NCc1ccc(C(=N)N)cc1)c1ccc(OC2CCN(C)CC2)cc1. The van der Waals surface area contributed by atoms with E-state index < -0.39 is 6.10 Å². The van der Waals surface area contributed by atoms with Gasteiger partial charge in [-0.1, -0.05) is 36.4 Å². The molecule has 0 spiro atoms. The Bertz CT molecular complexity index is 844. The molecule has 2 aromatic rings. The molecule has 1 aliphatic rings. The van der Waals surface area contributed by atoms with E-state index in [-0.39, 0.29) is 17.8 Å². The molecule has 0 radical (unpaired) electrons. The average Bonchev–Trinajstić information content (AvgIpc) is 2.76. The third-order valence-electron chi connectivity index (χ3n) is 5.36. The highest BCUT2D eigenvalue weighted by atomic mass is 16.5. The Morgan fingerprint density at radius 2 is 1.80 bits per heavy atom. The largest absolute Gasteiger partial charge is 0.490 e. The smallest absolute Gasteiger partial charge is 0.254 e. The Labute approximate surface area is 177 Å². The number of likely N-dealkylation sites (tertiary alicyclic amines) is 1. The number of amidine groups is 1. The number of nitrogens with zero attached hydrogens (tertiary/aromatic N) is 1. The van der Waals surface area contributed by atoms with E-state index in [0.29, 0.717) is 12.1 Å². The van der Waals surface area contributed by atoms with Gasteiger partial charge in [-0.3, -0.25) is 10.2 Å². The van der Waals surface area contributed by atoms with Crippen molar-refractivity contribution in [2.45, 2.75) is 31.6 Å². The lowest BCUT2D eigenvalue weighted by molar-refractivity contribution is -0.131. The van der Waals surface area contributed by atoms with Gasteiger partial charge < -0.3 is 25.4 Å². The highest BCUT2D eigenvalue weighted by molar-refractivity contribution is 5.94. The van der Waals surface area contributed by atoms with Crippen molar-refractivity contribution in [3.8, 4) is 5.75 Å². The number of hydrogen-bond donors (Lipinski definition) is 3. The quantitative estimate of drug-likeness (QED) is 0.458. The number of piperidine rings is 1. The lowest BCUT2D eigenvalue weighted by atomic mass is 10.1. The molecule has 1 unspecified atom stereocenters. The predicted molar refractivity (Wildman–Crippen MR) is 117 cm³/mol. The molecule has 0 aromatic heterocycles. The van der Waals surface area contributed by atoms with Crippen LogP contribution in [0.25, 0.3) is 0 Å². The van der Waals surface area contributed by atoms with Gasteiger partial charge >= 0.3 is 0 Å². The molecule has 1 fully saturated rings. The molecular weight excluding hydrogens is 380 g/mol. The highest BCUT2D eigenvalue weighted by Gasteiger charge is 2.21. The Morgan fingerprint density at radius 1 is 1.17 bits per heavy atom. The minimum atomic E-state index is -0.695. The summed E-state index contributed by atoms with van der Waals surface area (Å²) < 4.78 is 11.5. The lowest BCUT2D eigenvalue weighted by Gasteiger charge is -2.29. The van der Waals surface area contributed by atoms with Gasteiger partial charge in [-0.25, -0.2) is 0 Å². The molecule has 0 saturated carbocycles. The molecular formula is C23H30N4O3. The fourth-order valence-electron chi connectivity index (χ4n) is 3.49. The molecule has 1 aliphatic heterocycles. The maximum absolute atomic E-state index is 12.6. The van der Waals surface area contributed by atoms with Gasteiger partial charge in [0.05, 0.1) is 0 Å². The summed E-state index contributed by atoms with van der Waals surface area (Å²) in [6.07, 6.45) is 1.59. The van der Waals surface area contributed by atoms with Gasteiger partial charge in [-0.15, -0.1) is 0 Å². The van der Waals surface area contributed by atoms with E-state index in [0.717, 1.165) is 42.8 Å². The standard InChI is InChI=1S/C23H30N4O3/c1-27-13-11-20(12-14-27)30-19-9-7-17(8-10-19)21(29-2)23(28)26-15-16-3-5-18(6-4-16)22(24)25/h3-10,20-21H,11-15H2,1-2H3,(H3,24,25)(H,26,28). The number of carbonyl (C=O) groups is 1. The molecule has 7 nitrogen and oxygen atoms in total. The highest BCUT2D eigenvalue weighted by Crippen LogP contribution is 2.23. The summed E-state index contributed by atoms with van der Waals surface area (Å²) in [5, 5.41) is 10.3. The van der Waals surface area contributed by atoms with Crippen LogP contribution in [0.5, 0.6) is 5.75 Å². The molecule has 0 bridgehead atoms. The Kier molecular flexibility index (Phi) is 7.43. The van der Waals surface area contributed by atoms with Crippen molar-refractivity contribution in [2.24, 2.45) is 5.73 Å². The second kappa shape index (κ2) is 10.2. The zero-order chi connectivity index (χ0) is 21.5. The van der Waals surface area contributed by atoms with Gasteiger partial charge in [0.2, 0.25) is 0 Å². The average molecular weight is 411 g/mol. The number of nitrogens with one attached hydrogen (secondary N) is 2. The number of carbonyl (C=O) groups excluding carboxylic acids is 1. The molecule has 7 heteroatoms. The third-order valence-corrected chi connectivity index (χ3v) is 5.36. The van der Waals surface area contributed by atoms with Crippen LogP contribution in [0.4, 0.5) is 0 Å². The molecule has 0 aliphatic carbocycles. The van der Waals surface area contributed by atoms with E-state index in [9.17, 15) is 4.79 Å². The second-order valence-electron chi connectivity index (χ2n) is 7.63. The normalized spacial score (nSPS) is 16.1. The van der Waals surface area contributed by atoms with Crippen molar-refractivity contribution < 1.29 is 14.3 Å². The molecule has 1 atom stereocenters. The van der Waals surface area contributed by atoms with E-state index in [1.54, 1.807) is 12.1 Å². The van der Waals surface area contributed by atoms with Gasteiger partial charge in [0, 0.05) is 32.3 Å². The van der Waals surface area contributed by atoms with Crippen molar-refractivity contribution in [1.82, 2.24) is 10.2 Å². The van der Waals surface area contributed by atoms with Crippen LogP contribution in [0, 0.1) is 5.41 Å². The molecule has 1 amide bonds. The molecule has 3 rings (SSSR count). The van der Waals surface area contributed by atoms with Crippen molar-refractivity contribution in [3.05, 3.63) is 65.2 Å². The summed E-state index contributed by atoms with van der Waals surface area (Å²) in [4.78, 5) is 14.9. The van der Waals surface area contributed by atoms with E-state index in [1.165, 1.54) is 7.11 Å². The first kappa shape index (κ1) is 21.8. The number of benzene rings is 2. The maximum atomic E-state index is 12.6. The van der Waals surface area contributed by atoms with Gasteiger partial charge in [0.1, 0.15) is 17.7 Å². The summed E-state index contributed by atoms with van der Waals surface area (Å²) in [5.41, 5.74) is 7.81. The van der Waals surface area contributed by atoms with Gasteiger partial charge in [0.25, 0.3) is 5.91 Å². The van der Waals surface area contributed by atoms with Crippen LogP contribution in [0.3, 0.4) is 0 Å². The molecule has 2 aromatic carbocycles. The monoisotopic (exact) mass is 410 g/mol. The van der Waals surface area contributed by atoms with Crippen LogP contribution in [-0.2, 0) is 16.1 Å². The van der Waals surface area contributed by atoms with Crippen LogP contribution in [-0.4, -0.2) is 50.0 Å². The van der Waals surface area contributed by atoms with Crippen LogP contribution in [0.2, 0.25) is 0 Å². The number of methoxy groups -OCH3 is 1. The van der Waals surface area contributed by atoms with Crippen LogP contribution < -0.4 is 15.8 Å². The van der Waals surface area contributed by atoms with Gasteiger partial charge in [-0.05, 0) is 43.1 Å². The third kappa shape index (κ3) is 5.81. The van der Waals surface area contributed by atoms with Crippen molar-refractivity contribution in [2.75, 3.05) is 27.2 Å². The van der Waals surface area contributed by atoms with Gasteiger partial charge in [-0.2, -0.15) is 0 Å². The molecule has 1 saturated heterocycles. The number of hydrogen-bond acceptors (Lipinski definition) is 5. The number of amides is 1. The van der Waals surface area contributed by atoms with E-state index in [4.69, 9.17) is 20.6 Å². The Balaban J connectivity index is 1.55. The van der Waals surface area contributed by atoms with Crippen LogP contribution in [0.15, 0.2) is 48.5 Å². The van der Waals surface area contributed by atoms with Crippen molar-refractivity contribution in [1.29, 1.82) is 5.41 Å². The van der Waals surface area contributed by atoms with E-state index in [2.05, 4.69) is 17.3 Å². The summed E-state index contributed by atoms with van der Waals surface area (Å²) >= 11 is 0. The van der Waals surface area contributed by atoms with Crippen molar-refractivity contribution >= 4 is 11.7 Å². The minimum Gasteiger partial charge on any atom is -0.490 e. The fourth-order valence-corrected chi connectivity index (χ4v) is 3.49. The maximum Gasteiger partial charge on any atom is 0.254 e. The topological polar surface area (TPSA) is 101 Å². The Morgan fingerprint density at radius 3 is 2.37 bits per heavy atom. The van der Waals surface area contributed by atoms with E-state index >= 15 is 0 Å². The van der Waals surface area contributed by atoms with E-state index in [1.807, 2.05) is 36.4 Å².